The van der Waals surface area contributed by atoms with Gasteiger partial charge in [0.1, 0.15) is 0 Å². The number of ether oxygens (including phenoxy) is 1. The van der Waals surface area contributed by atoms with Crippen LogP contribution in [0.2, 0.25) is 5.02 Å². The standard InChI is InChI=1S/C24H33ClN2O2/c1-24(2)19-9-8-18(21(24)16-19)17-27(11-5-10-26-12-14-29-15-13-26)23(28)20-6-3-4-7-22(20)25/h3-4,6-8,19,21H,5,9-17H2,1-2H3. The van der Waals surface area contributed by atoms with E-state index in [2.05, 4.69) is 24.8 Å². The monoisotopic (exact) mass is 416 g/mol. The van der Waals surface area contributed by atoms with Crippen LogP contribution in [0.25, 0.3) is 0 Å². The summed E-state index contributed by atoms with van der Waals surface area (Å²) >= 11 is 6.36. The Morgan fingerprint density at radius 2 is 2.03 bits per heavy atom. The number of rotatable bonds is 7. The van der Waals surface area contributed by atoms with Crippen LogP contribution in [0.5, 0.6) is 0 Å². The lowest BCUT2D eigenvalue weighted by Gasteiger charge is -2.57. The van der Waals surface area contributed by atoms with Crippen LogP contribution in [0, 0.1) is 17.3 Å². The second kappa shape index (κ2) is 8.79. The molecule has 1 heterocycles. The normalized spacial score (nSPS) is 25.8. The predicted octanol–water partition coefficient (Wildman–Crippen LogP) is 4.50. The molecule has 1 aliphatic heterocycles. The second-order valence-electron chi connectivity index (χ2n) is 9.34. The van der Waals surface area contributed by atoms with Crippen LogP contribution < -0.4 is 0 Å². The van der Waals surface area contributed by atoms with E-state index in [1.165, 1.54) is 12.0 Å². The first-order valence-corrected chi connectivity index (χ1v) is 11.4. The average molecular weight is 417 g/mol. The summed E-state index contributed by atoms with van der Waals surface area (Å²) in [6.45, 7) is 10.9. The third-order valence-electron chi connectivity index (χ3n) is 7.35. The van der Waals surface area contributed by atoms with E-state index in [-0.39, 0.29) is 5.91 Å². The van der Waals surface area contributed by atoms with Gasteiger partial charge in [-0.05, 0) is 48.6 Å². The fourth-order valence-electron chi connectivity index (χ4n) is 5.24. The summed E-state index contributed by atoms with van der Waals surface area (Å²) in [5, 5.41) is 0.539. The molecular weight excluding hydrogens is 384 g/mol. The Hall–Kier alpha value is -1.36. The number of carbonyl (C=O) groups excluding carboxylic acids is 1. The van der Waals surface area contributed by atoms with Gasteiger partial charge in [0, 0.05) is 32.7 Å². The third-order valence-corrected chi connectivity index (χ3v) is 7.68. The number of hydrogen-bond donors (Lipinski definition) is 0. The minimum atomic E-state index is 0.0535. The van der Waals surface area contributed by atoms with Gasteiger partial charge in [-0.25, -0.2) is 0 Å². The van der Waals surface area contributed by atoms with E-state index in [0.29, 0.717) is 21.9 Å². The van der Waals surface area contributed by atoms with Crippen LogP contribution in [0.3, 0.4) is 0 Å². The smallest absolute Gasteiger partial charge is 0.255 e. The zero-order valence-corrected chi connectivity index (χ0v) is 18.5. The van der Waals surface area contributed by atoms with Gasteiger partial charge >= 0.3 is 0 Å². The van der Waals surface area contributed by atoms with Crippen molar-refractivity contribution in [1.82, 2.24) is 9.80 Å². The number of amides is 1. The summed E-state index contributed by atoms with van der Waals surface area (Å²) in [5.74, 6) is 1.48. The molecule has 5 heteroatoms. The van der Waals surface area contributed by atoms with Crippen LogP contribution in [0.1, 0.15) is 43.5 Å². The molecule has 2 bridgehead atoms. The molecule has 5 rings (SSSR count). The minimum absolute atomic E-state index is 0.0535. The third kappa shape index (κ3) is 4.40. The number of morpholine rings is 1. The van der Waals surface area contributed by atoms with E-state index in [1.54, 1.807) is 6.07 Å². The molecule has 1 saturated carbocycles. The summed E-state index contributed by atoms with van der Waals surface area (Å²) < 4.78 is 5.44. The van der Waals surface area contributed by atoms with Crippen LogP contribution in [-0.4, -0.2) is 61.6 Å². The number of hydrogen-bond acceptors (Lipinski definition) is 3. The zero-order chi connectivity index (χ0) is 20.4. The maximum absolute atomic E-state index is 13.4. The molecule has 2 unspecified atom stereocenters. The topological polar surface area (TPSA) is 32.8 Å². The van der Waals surface area contributed by atoms with Gasteiger partial charge in [0.25, 0.3) is 5.91 Å². The number of carbonyl (C=O) groups is 1. The SMILES string of the molecule is CC1(C)C2CC=C(CN(CCCN3CCOCC3)C(=O)c3ccccc3Cl)C1C2. The lowest BCUT2D eigenvalue weighted by molar-refractivity contribution is -0.0104. The van der Waals surface area contributed by atoms with Crippen LogP contribution >= 0.6 is 11.6 Å². The first-order chi connectivity index (χ1) is 14.0. The van der Waals surface area contributed by atoms with Crippen molar-refractivity contribution >= 4 is 17.5 Å². The molecule has 158 valence electrons. The molecule has 3 aliphatic carbocycles. The van der Waals surface area contributed by atoms with E-state index in [9.17, 15) is 4.79 Å². The number of nitrogens with zero attached hydrogens (tertiary/aromatic N) is 2. The van der Waals surface area contributed by atoms with Crippen molar-refractivity contribution in [1.29, 1.82) is 0 Å². The summed E-state index contributed by atoms with van der Waals surface area (Å²) in [6, 6.07) is 7.42. The molecule has 0 radical (unpaired) electrons. The highest BCUT2D eigenvalue weighted by Crippen LogP contribution is 2.59. The van der Waals surface area contributed by atoms with E-state index in [0.717, 1.165) is 64.7 Å². The number of allylic oxidation sites excluding steroid dienone is 1. The first kappa shape index (κ1) is 20.9. The van der Waals surface area contributed by atoms with Gasteiger partial charge < -0.3 is 9.64 Å². The molecule has 0 spiro atoms. The Bertz CT molecular complexity index is 770. The predicted molar refractivity (Wildman–Crippen MR) is 117 cm³/mol. The molecule has 1 aromatic carbocycles. The van der Waals surface area contributed by atoms with Crippen molar-refractivity contribution in [2.45, 2.75) is 33.1 Å². The van der Waals surface area contributed by atoms with Crippen molar-refractivity contribution in [3.8, 4) is 0 Å². The van der Waals surface area contributed by atoms with Crippen molar-refractivity contribution in [2.24, 2.45) is 17.3 Å². The lowest BCUT2D eigenvalue weighted by Crippen LogP contribution is -2.50. The zero-order valence-electron chi connectivity index (χ0n) is 17.7. The van der Waals surface area contributed by atoms with Gasteiger partial charge in [0.2, 0.25) is 0 Å². The Kier molecular flexibility index (Phi) is 6.33. The molecule has 0 aromatic heterocycles. The largest absolute Gasteiger partial charge is 0.379 e. The first-order valence-electron chi connectivity index (χ1n) is 11.0. The molecule has 2 fully saturated rings. The van der Waals surface area contributed by atoms with Gasteiger partial charge in [-0.2, -0.15) is 0 Å². The van der Waals surface area contributed by atoms with Crippen LogP contribution in [-0.2, 0) is 4.74 Å². The molecule has 1 aromatic rings. The average Bonchev–Trinajstić information content (AvgIpc) is 2.73. The minimum Gasteiger partial charge on any atom is -0.379 e. The van der Waals surface area contributed by atoms with Gasteiger partial charge in [-0.3, -0.25) is 9.69 Å². The van der Waals surface area contributed by atoms with Crippen LogP contribution in [0.4, 0.5) is 0 Å². The lowest BCUT2D eigenvalue weighted by atomic mass is 9.49. The Labute approximate surface area is 179 Å². The summed E-state index contributed by atoms with van der Waals surface area (Å²) in [4.78, 5) is 17.8. The maximum Gasteiger partial charge on any atom is 0.255 e. The fourth-order valence-corrected chi connectivity index (χ4v) is 5.46. The highest BCUT2D eigenvalue weighted by Gasteiger charge is 2.51. The summed E-state index contributed by atoms with van der Waals surface area (Å²) in [5.41, 5.74) is 2.43. The number of benzene rings is 1. The van der Waals surface area contributed by atoms with E-state index >= 15 is 0 Å². The molecule has 1 saturated heterocycles. The molecule has 1 amide bonds. The summed E-state index contributed by atoms with van der Waals surface area (Å²) in [6.07, 6.45) is 5.81. The van der Waals surface area contributed by atoms with Gasteiger partial charge in [-0.15, -0.1) is 0 Å². The molecular formula is C24H33ClN2O2. The van der Waals surface area contributed by atoms with Crippen molar-refractivity contribution in [3.05, 3.63) is 46.5 Å². The van der Waals surface area contributed by atoms with E-state index in [4.69, 9.17) is 16.3 Å². The quantitative estimate of drug-likeness (QED) is 0.613. The van der Waals surface area contributed by atoms with Crippen molar-refractivity contribution < 1.29 is 9.53 Å². The second-order valence-corrected chi connectivity index (χ2v) is 9.74. The van der Waals surface area contributed by atoms with Crippen LogP contribution in [0.15, 0.2) is 35.9 Å². The molecule has 29 heavy (non-hydrogen) atoms. The molecule has 2 atom stereocenters. The van der Waals surface area contributed by atoms with Gasteiger partial charge in [0.15, 0.2) is 0 Å². The maximum atomic E-state index is 13.4. The fraction of sp³-hybridized carbons (Fsp3) is 0.625. The van der Waals surface area contributed by atoms with Gasteiger partial charge in [0.05, 0.1) is 23.8 Å². The summed E-state index contributed by atoms with van der Waals surface area (Å²) in [7, 11) is 0. The molecule has 0 N–H and O–H groups in total. The van der Waals surface area contributed by atoms with E-state index in [1.807, 2.05) is 23.1 Å². The Balaban J connectivity index is 1.45. The molecule has 4 aliphatic rings. The number of halogens is 1. The number of fused-ring (bicyclic) bond motifs is 1. The Morgan fingerprint density at radius 3 is 2.72 bits per heavy atom. The highest BCUT2D eigenvalue weighted by atomic mass is 35.5. The Morgan fingerprint density at radius 1 is 1.28 bits per heavy atom. The highest BCUT2D eigenvalue weighted by molar-refractivity contribution is 6.33. The van der Waals surface area contributed by atoms with Crippen molar-refractivity contribution in [3.63, 3.8) is 0 Å². The van der Waals surface area contributed by atoms with Gasteiger partial charge in [-0.1, -0.05) is 49.2 Å². The van der Waals surface area contributed by atoms with Crippen molar-refractivity contribution in [2.75, 3.05) is 45.9 Å². The van der Waals surface area contributed by atoms with E-state index < -0.39 is 0 Å². The molecule has 4 nitrogen and oxygen atoms in total.